The van der Waals surface area contributed by atoms with Crippen molar-refractivity contribution in [3.05, 3.63) is 35.7 Å². The molecular weight excluding hydrogens is 288 g/mol. The van der Waals surface area contributed by atoms with Crippen molar-refractivity contribution >= 4 is 11.3 Å². The van der Waals surface area contributed by atoms with Crippen LogP contribution in [0.2, 0.25) is 0 Å². The van der Waals surface area contributed by atoms with E-state index in [1.165, 1.54) is 0 Å². The molecule has 21 heavy (non-hydrogen) atoms. The van der Waals surface area contributed by atoms with E-state index in [1.54, 1.807) is 23.7 Å². The quantitative estimate of drug-likeness (QED) is 0.740. The number of hydrogen-bond donors (Lipinski definition) is 0. The van der Waals surface area contributed by atoms with Crippen molar-refractivity contribution in [1.29, 1.82) is 0 Å². The van der Waals surface area contributed by atoms with Gasteiger partial charge in [0, 0.05) is 24.9 Å². The van der Waals surface area contributed by atoms with Crippen molar-refractivity contribution in [3.63, 3.8) is 0 Å². The van der Waals surface area contributed by atoms with Gasteiger partial charge in [0.25, 0.3) is 5.89 Å². The van der Waals surface area contributed by atoms with E-state index in [9.17, 15) is 0 Å². The Labute approximate surface area is 124 Å². The first kappa shape index (κ1) is 12.6. The van der Waals surface area contributed by atoms with E-state index < -0.39 is 0 Å². The molecule has 1 atom stereocenters. The lowest BCUT2D eigenvalue weighted by atomic mass is 10.1. The molecule has 1 aliphatic rings. The van der Waals surface area contributed by atoms with E-state index in [-0.39, 0.29) is 5.92 Å². The maximum absolute atomic E-state index is 5.34. The molecule has 1 aliphatic heterocycles. The van der Waals surface area contributed by atoms with Gasteiger partial charge in [0.05, 0.1) is 17.0 Å². The lowest BCUT2D eigenvalue weighted by molar-refractivity contribution is 0.192. The summed E-state index contributed by atoms with van der Waals surface area (Å²) in [4.78, 5) is 14.2. The van der Waals surface area contributed by atoms with Crippen LogP contribution in [0.5, 0.6) is 0 Å². The Bertz CT molecular complexity index is 718. The third-order valence-electron chi connectivity index (χ3n) is 3.38. The van der Waals surface area contributed by atoms with Crippen molar-refractivity contribution in [2.45, 2.75) is 12.3 Å². The summed E-state index contributed by atoms with van der Waals surface area (Å²) in [6, 6.07) is 3.97. The van der Waals surface area contributed by atoms with Crippen LogP contribution in [0.4, 0.5) is 0 Å². The van der Waals surface area contributed by atoms with Gasteiger partial charge in [0.1, 0.15) is 0 Å². The Morgan fingerprint density at radius 1 is 1.24 bits per heavy atom. The number of ether oxygens (including phenoxy) is 1. The summed E-state index contributed by atoms with van der Waals surface area (Å²) in [5, 5.41) is 6.03. The Morgan fingerprint density at radius 3 is 2.86 bits per heavy atom. The fraction of sp³-hybridized carbons (Fsp3) is 0.286. The van der Waals surface area contributed by atoms with Crippen molar-refractivity contribution in [3.8, 4) is 22.2 Å². The Balaban J connectivity index is 1.58. The molecule has 0 amide bonds. The van der Waals surface area contributed by atoms with Crippen LogP contribution < -0.4 is 0 Å². The summed E-state index contributed by atoms with van der Waals surface area (Å²) in [6.07, 6.45) is 4.36. The van der Waals surface area contributed by atoms with Crippen LogP contribution >= 0.6 is 11.3 Å². The Morgan fingerprint density at radius 2 is 2.14 bits per heavy atom. The molecule has 0 aliphatic carbocycles. The average Bonchev–Trinajstić information content (AvgIpc) is 3.27. The smallest absolute Gasteiger partial charge is 0.261 e. The second kappa shape index (κ2) is 5.34. The average molecular weight is 300 g/mol. The molecule has 6 nitrogen and oxygen atoms in total. The summed E-state index contributed by atoms with van der Waals surface area (Å²) in [6.45, 7) is 1.42. The lowest BCUT2D eigenvalue weighted by Crippen LogP contribution is -1.99. The zero-order valence-electron chi connectivity index (χ0n) is 11.1. The van der Waals surface area contributed by atoms with E-state index in [0.717, 1.165) is 23.5 Å². The van der Waals surface area contributed by atoms with Crippen LogP contribution in [0.25, 0.3) is 22.2 Å². The van der Waals surface area contributed by atoms with Gasteiger partial charge in [0.2, 0.25) is 0 Å². The van der Waals surface area contributed by atoms with Crippen LogP contribution in [0, 0.1) is 0 Å². The predicted octanol–water partition coefficient (Wildman–Crippen LogP) is 2.76. The highest BCUT2D eigenvalue weighted by atomic mass is 32.1. The van der Waals surface area contributed by atoms with E-state index in [4.69, 9.17) is 9.26 Å². The molecule has 4 rings (SSSR count). The van der Waals surface area contributed by atoms with Crippen molar-refractivity contribution in [2.75, 3.05) is 13.2 Å². The summed E-state index contributed by atoms with van der Waals surface area (Å²) >= 11 is 1.61. The highest BCUT2D eigenvalue weighted by Crippen LogP contribution is 2.26. The van der Waals surface area contributed by atoms with Gasteiger partial charge in [-0.05, 0) is 17.9 Å². The van der Waals surface area contributed by atoms with Crippen LogP contribution in [-0.2, 0) is 4.74 Å². The SMILES string of the molecule is c1csc(-c2ncc(-c3nc([C@@H]4CCOC4)no3)cn2)c1. The van der Waals surface area contributed by atoms with Gasteiger partial charge in [-0.1, -0.05) is 11.2 Å². The molecule has 0 spiro atoms. The standard InChI is InChI=1S/C14H12N4O2S/c1-2-11(21-5-1)13-15-6-10(7-16-13)14-17-12(18-20-14)9-3-4-19-8-9/h1-2,5-7,9H,3-4,8H2/t9-/m1/s1. The molecule has 0 aromatic carbocycles. The lowest BCUT2D eigenvalue weighted by Gasteiger charge is -1.98. The van der Waals surface area contributed by atoms with E-state index in [1.807, 2.05) is 17.5 Å². The maximum atomic E-state index is 5.34. The normalized spacial score (nSPS) is 18.2. The molecule has 0 radical (unpaired) electrons. The van der Waals surface area contributed by atoms with Gasteiger partial charge >= 0.3 is 0 Å². The van der Waals surface area contributed by atoms with Crippen molar-refractivity contribution < 1.29 is 9.26 Å². The second-order valence-electron chi connectivity index (χ2n) is 4.79. The molecule has 1 saturated heterocycles. The van der Waals surface area contributed by atoms with E-state index in [0.29, 0.717) is 24.1 Å². The molecule has 4 heterocycles. The molecule has 1 fully saturated rings. The van der Waals surface area contributed by atoms with Gasteiger partial charge in [-0.25, -0.2) is 9.97 Å². The summed E-state index contributed by atoms with van der Waals surface area (Å²) in [5.74, 6) is 2.09. The van der Waals surface area contributed by atoms with Crippen molar-refractivity contribution in [1.82, 2.24) is 20.1 Å². The summed E-state index contributed by atoms with van der Waals surface area (Å²) in [7, 11) is 0. The molecular formula is C14H12N4O2S. The second-order valence-corrected chi connectivity index (χ2v) is 5.74. The Kier molecular flexibility index (Phi) is 3.21. The van der Waals surface area contributed by atoms with Gasteiger partial charge < -0.3 is 9.26 Å². The third-order valence-corrected chi connectivity index (χ3v) is 4.24. The number of nitrogens with zero attached hydrogens (tertiary/aromatic N) is 4. The molecule has 3 aromatic heterocycles. The summed E-state index contributed by atoms with van der Waals surface area (Å²) < 4.78 is 10.6. The largest absolute Gasteiger partial charge is 0.381 e. The number of rotatable bonds is 3. The van der Waals surface area contributed by atoms with Crippen LogP contribution in [0.1, 0.15) is 18.2 Å². The number of thiophene rings is 1. The zero-order chi connectivity index (χ0) is 14.1. The summed E-state index contributed by atoms with van der Waals surface area (Å²) in [5.41, 5.74) is 0.730. The van der Waals surface area contributed by atoms with Gasteiger partial charge in [-0.15, -0.1) is 11.3 Å². The maximum Gasteiger partial charge on any atom is 0.261 e. The van der Waals surface area contributed by atoms with Gasteiger partial charge in [-0.2, -0.15) is 4.98 Å². The first-order valence-corrected chi connectivity index (χ1v) is 7.56. The first-order chi connectivity index (χ1) is 10.4. The molecule has 106 valence electrons. The molecule has 7 heteroatoms. The minimum absolute atomic E-state index is 0.230. The fourth-order valence-electron chi connectivity index (χ4n) is 2.23. The monoisotopic (exact) mass is 300 g/mol. The molecule has 3 aromatic rings. The highest BCUT2D eigenvalue weighted by Gasteiger charge is 2.23. The van der Waals surface area contributed by atoms with Crippen LogP contribution in [0.3, 0.4) is 0 Å². The van der Waals surface area contributed by atoms with Gasteiger partial charge in [0.15, 0.2) is 11.6 Å². The zero-order valence-corrected chi connectivity index (χ0v) is 11.9. The highest BCUT2D eigenvalue weighted by molar-refractivity contribution is 7.13. The molecule has 0 unspecified atom stereocenters. The van der Waals surface area contributed by atoms with Gasteiger partial charge in [-0.3, -0.25) is 0 Å². The minimum atomic E-state index is 0.230. The van der Waals surface area contributed by atoms with E-state index in [2.05, 4.69) is 20.1 Å². The third kappa shape index (κ3) is 2.45. The topological polar surface area (TPSA) is 73.9 Å². The van der Waals surface area contributed by atoms with Crippen LogP contribution in [0.15, 0.2) is 34.4 Å². The molecule has 0 bridgehead atoms. The molecule has 0 N–H and O–H groups in total. The van der Waals surface area contributed by atoms with Crippen molar-refractivity contribution in [2.24, 2.45) is 0 Å². The molecule has 0 saturated carbocycles. The Hall–Kier alpha value is -2.12. The predicted molar refractivity (Wildman–Crippen MR) is 76.8 cm³/mol. The van der Waals surface area contributed by atoms with E-state index >= 15 is 0 Å². The number of hydrogen-bond acceptors (Lipinski definition) is 7. The number of aromatic nitrogens is 4. The van der Waals surface area contributed by atoms with Crippen LogP contribution in [-0.4, -0.2) is 33.3 Å². The fourth-order valence-corrected chi connectivity index (χ4v) is 2.90. The first-order valence-electron chi connectivity index (χ1n) is 6.68. The minimum Gasteiger partial charge on any atom is -0.381 e.